The Kier molecular flexibility index (Phi) is 5.95. The van der Waals surface area contributed by atoms with Crippen molar-refractivity contribution in [2.45, 2.75) is 25.4 Å². The van der Waals surface area contributed by atoms with Crippen molar-refractivity contribution in [2.24, 2.45) is 5.92 Å². The van der Waals surface area contributed by atoms with Crippen molar-refractivity contribution < 1.29 is 9.47 Å². The van der Waals surface area contributed by atoms with Crippen LogP contribution in [0.3, 0.4) is 0 Å². The number of fused-ring (bicyclic) bond motifs is 4. The summed E-state index contributed by atoms with van der Waals surface area (Å²) in [6.45, 7) is 6.42. The number of nitrogens with zero attached hydrogens (tertiary/aromatic N) is 2. The van der Waals surface area contributed by atoms with Gasteiger partial charge in [-0.2, -0.15) is 0 Å². The van der Waals surface area contributed by atoms with Gasteiger partial charge < -0.3 is 9.47 Å². The van der Waals surface area contributed by atoms with Crippen LogP contribution in [0.15, 0.2) is 54.6 Å². The summed E-state index contributed by atoms with van der Waals surface area (Å²) in [6.07, 6.45) is 2.69. The van der Waals surface area contributed by atoms with E-state index in [0.29, 0.717) is 6.04 Å². The fraction of sp³-hybridized carbons (Fsp3) is 0.478. The SMILES string of the molecule is COc1ccc(OCCN2C[C@H]3CC[C@@H](C2)N(Cc2ccccc2)C3)cc1. The van der Waals surface area contributed by atoms with E-state index in [0.717, 1.165) is 43.7 Å². The zero-order valence-corrected chi connectivity index (χ0v) is 16.2. The van der Waals surface area contributed by atoms with Crippen molar-refractivity contribution in [1.29, 1.82) is 0 Å². The number of ether oxygens (including phenoxy) is 2. The normalized spacial score (nSPS) is 23.1. The molecule has 2 aromatic rings. The number of hydrogen-bond donors (Lipinski definition) is 0. The number of benzene rings is 2. The van der Waals surface area contributed by atoms with E-state index >= 15 is 0 Å². The lowest BCUT2D eigenvalue weighted by atomic mass is 9.94. The van der Waals surface area contributed by atoms with E-state index in [9.17, 15) is 0 Å². The van der Waals surface area contributed by atoms with Crippen LogP contribution in [0.1, 0.15) is 18.4 Å². The second-order valence-electron chi connectivity index (χ2n) is 7.80. The summed E-state index contributed by atoms with van der Waals surface area (Å²) < 4.78 is 11.1. The maximum absolute atomic E-state index is 5.95. The first-order valence-electron chi connectivity index (χ1n) is 10.1. The Morgan fingerprint density at radius 3 is 2.44 bits per heavy atom. The minimum absolute atomic E-state index is 0.671. The molecule has 0 unspecified atom stereocenters. The predicted octanol–water partition coefficient (Wildman–Crippen LogP) is 3.67. The van der Waals surface area contributed by atoms with Crippen molar-refractivity contribution in [3.8, 4) is 11.5 Å². The molecule has 0 radical (unpaired) electrons. The molecule has 0 aromatic heterocycles. The summed E-state index contributed by atoms with van der Waals surface area (Å²) in [6, 6.07) is 19.4. The zero-order valence-electron chi connectivity index (χ0n) is 16.2. The summed E-state index contributed by atoms with van der Waals surface area (Å²) in [5.41, 5.74) is 1.43. The second kappa shape index (κ2) is 8.77. The van der Waals surface area contributed by atoms with Crippen LogP contribution in [0.2, 0.25) is 0 Å². The monoisotopic (exact) mass is 366 g/mol. The number of hydrogen-bond acceptors (Lipinski definition) is 4. The topological polar surface area (TPSA) is 24.9 Å². The smallest absolute Gasteiger partial charge is 0.119 e. The summed E-state index contributed by atoms with van der Waals surface area (Å²) >= 11 is 0. The van der Waals surface area contributed by atoms with E-state index in [1.165, 1.54) is 31.5 Å². The van der Waals surface area contributed by atoms with E-state index in [-0.39, 0.29) is 0 Å². The molecule has 2 bridgehead atoms. The number of methoxy groups -OCH3 is 1. The molecule has 27 heavy (non-hydrogen) atoms. The first kappa shape index (κ1) is 18.3. The molecule has 3 aliphatic rings. The fourth-order valence-corrected chi connectivity index (χ4v) is 4.43. The Hall–Kier alpha value is -2.04. The minimum Gasteiger partial charge on any atom is -0.497 e. The lowest BCUT2D eigenvalue weighted by Crippen LogP contribution is -2.43. The first-order chi connectivity index (χ1) is 13.3. The lowest BCUT2D eigenvalue weighted by Gasteiger charge is -2.36. The molecule has 2 atom stereocenters. The Labute approximate surface area is 162 Å². The van der Waals surface area contributed by atoms with Crippen LogP contribution in [0.25, 0.3) is 0 Å². The summed E-state index contributed by atoms with van der Waals surface area (Å²) in [5, 5.41) is 0. The third-order valence-corrected chi connectivity index (χ3v) is 5.87. The van der Waals surface area contributed by atoms with Crippen LogP contribution >= 0.6 is 0 Å². The van der Waals surface area contributed by atoms with Gasteiger partial charge in [-0.25, -0.2) is 0 Å². The highest BCUT2D eigenvalue weighted by Gasteiger charge is 2.34. The van der Waals surface area contributed by atoms with E-state index in [4.69, 9.17) is 9.47 Å². The highest BCUT2D eigenvalue weighted by Crippen LogP contribution is 2.29. The van der Waals surface area contributed by atoms with Crippen molar-refractivity contribution in [3.05, 3.63) is 60.2 Å². The van der Waals surface area contributed by atoms with Crippen molar-refractivity contribution in [2.75, 3.05) is 39.9 Å². The molecular formula is C23H30N2O2. The molecule has 4 heteroatoms. The third kappa shape index (κ3) is 4.82. The molecule has 0 spiro atoms. The molecule has 3 saturated heterocycles. The van der Waals surface area contributed by atoms with Gasteiger partial charge in [-0.15, -0.1) is 0 Å². The third-order valence-electron chi connectivity index (χ3n) is 5.87. The van der Waals surface area contributed by atoms with Crippen molar-refractivity contribution in [3.63, 3.8) is 0 Å². The van der Waals surface area contributed by atoms with Gasteiger partial charge in [-0.05, 0) is 48.6 Å². The van der Waals surface area contributed by atoms with Gasteiger partial charge in [0.1, 0.15) is 18.1 Å². The minimum atomic E-state index is 0.671. The molecular weight excluding hydrogens is 336 g/mol. The Morgan fingerprint density at radius 2 is 1.67 bits per heavy atom. The molecule has 4 nitrogen and oxygen atoms in total. The van der Waals surface area contributed by atoms with Crippen molar-refractivity contribution >= 4 is 0 Å². The average Bonchev–Trinajstić information content (AvgIpc) is 3.00. The predicted molar refractivity (Wildman–Crippen MR) is 108 cm³/mol. The molecule has 2 aromatic carbocycles. The quantitative estimate of drug-likeness (QED) is 0.746. The van der Waals surface area contributed by atoms with Crippen LogP contribution in [-0.4, -0.2) is 55.7 Å². The summed E-state index contributed by atoms with van der Waals surface area (Å²) in [5.74, 6) is 2.57. The molecule has 0 amide bonds. The van der Waals surface area contributed by atoms with Crippen LogP contribution in [0.5, 0.6) is 11.5 Å². The van der Waals surface area contributed by atoms with E-state index in [2.05, 4.69) is 40.1 Å². The maximum Gasteiger partial charge on any atom is 0.119 e. The molecule has 3 heterocycles. The van der Waals surface area contributed by atoms with Gasteiger partial charge in [0.2, 0.25) is 0 Å². The van der Waals surface area contributed by atoms with Gasteiger partial charge in [-0.3, -0.25) is 9.80 Å². The van der Waals surface area contributed by atoms with Gasteiger partial charge in [0.15, 0.2) is 0 Å². The Morgan fingerprint density at radius 1 is 0.889 bits per heavy atom. The van der Waals surface area contributed by atoms with Crippen LogP contribution in [-0.2, 0) is 6.54 Å². The van der Waals surface area contributed by atoms with Gasteiger partial charge in [0.25, 0.3) is 0 Å². The lowest BCUT2D eigenvalue weighted by molar-refractivity contribution is 0.122. The highest BCUT2D eigenvalue weighted by molar-refractivity contribution is 5.31. The molecule has 0 saturated carbocycles. The van der Waals surface area contributed by atoms with E-state index in [1.807, 2.05) is 24.3 Å². The van der Waals surface area contributed by atoms with Gasteiger partial charge in [0.05, 0.1) is 7.11 Å². The summed E-state index contributed by atoms with van der Waals surface area (Å²) in [7, 11) is 1.69. The Bertz CT molecular complexity index is 704. The molecule has 144 valence electrons. The standard InChI is InChI=1S/C23H30N2O2/c1-26-22-9-11-23(12-10-22)27-14-13-24-15-20-7-8-21(18-24)25(17-20)16-19-5-3-2-4-6-19/h2-6,9-12,20-21H,7-8,13-18H2,1H3/t20-,21+/m1/s1. The Balaban J connectivity index is 1.29. The molecule has 0 N–H and O–H groups in total. The largest absolute Gasteiger partial charge is 0.497 e. The number of rotatable bonds is 7. The molecule has 3 aliphatic heterocycles. The van der Waals surface area contributed by atoms with Gasteiger partial charge in [-0.1, -0.05) is 30.3 Å². The molecule has 3 fully saturated rings. The van der Waals surface area contributed by atoms with Crippen LogP contribution < -0.4 is 9.47 Å². The molecule has 5 rings (SSSR count). The van der Waals surface area contributed by atoms with Crippen LogP contribution in [0.4, 0.5) is 0 Å². The van der Waals surface area contributed by atoms with Crippen molar-refractivity contribution in [1.82, 2.24) is 9.80 Å². The van der Waals surface area contributed by atoms with Gasteiger partial charge in [0, 0.05) is 38.8 Å². The van der Waals surface area contributed by atoms with Gasteiger partial charge >= 0.3 is 0 Å². The maximum atomic E-state index is 5.95. The average molecular weight is 367 g/mol. The fourth-order valence-electron chi connectivity index (χ4n) is 4.43. The molecule has 0 aliphatic carbocycles. The second-order valence-corrected chi connectivity index (χ2v) is 7.80. The highest BCUT2D eigenvalue weighted by atomic mass is 16.5. The first-order valence-corrected chi connectivity index (χ1v) is 10.1. The zero-order chi connectivity index (χ0) is 18.5. The number of piperidine rings is 1. The van der Waals surface area contributed by atoms with Crippen LogP contribution in [0, 0.1) is 5.92 Å². The van der Waals surface area contributed by atoms with E-state index in [1.54, 1.807) is 7.11 Å². The van der Waals surface area contributed by atoms with E-state index < -0.39 is 0 Å². The summed E-state index contributed by atoms with van der Waals surface area (Å²) in [4.78, 5) is 5.31.